The number of hydrogen-bond acceptors (Lipinski definition) is 3. The average molecular weight is 268 g/mol. The number of amides is 1. The van der Waals surface area contributed by atoms with Gasteiger partial charge in [-0.15, -0.1) is 0 Å². The van der Waals surface area contributed by atoms with E-state index in [1.807, 2.05) is 44.2 Å². The van der Waals surface area contributed by atoms with Gasteiger partial charge in [0.15, 0.2) is 5.69 Å². The highest BCUT2D eigenvalue weighted by Gasteiger charge is 2.21. The maximum Gasteiger partial charge on any atom is 0.258 e. The van der Waals surface area contributed by atoms with Crippen molar-refractivity contribution in [3.8, 4) is 11.8 Å². The first-order valence-electron chi connectivity index (χ1n) is 6.55. The molecule has 0 spiro atoms. The Morgan fingerprint density at radius 3 is 2.50 bits per heavy atom. The van der Waals surface area contributed by atoms with E-state index < -0.39 is 0 Å². The highest BCUT2D eigenvalue weighted by molar-refractivity contribution is 5.96. The van der Waals surface area contributed by atoms with Crippen molar-refractivity contribution >= 4 is 5.91 Å². The second-order valence-corrected chi connectivity index (χ2v) is 4.24. The molecule has 0 saturated carbocycles. The standard InChI is InChI=1S/C15H16N4O/c1-3-18(4-2)15(20)13-11-17-19(14(13)10-16)12-8-6-5-7-9-12/h5-9,11H,3-4H2,1-2H3. The molecule has 0 N–H and O–H groups in total. The van der Waals surface area contributed by atoms with Gasteiger partial charge in [-0.2, -0.15) is 10.4 Å². The highest BCUT2D eigenvalue weighted by atomic mass is 16.2. The van der Waals surface area contributed by atoms with Gasteiger partial charge in [0.2, 0.25) is 0 Å². The van der Waals surface area contributed by atoms with Gasteiger partial charge in [-0.05, 0) is 26.0 Å². The normalized spacial score (nSPS) is 10.1. The number of carbonyl (C=O) groups is 1. The summed E-state index contributed by atoms with van der Waals surface area (Å²) < 4.78 is 1.50. The first-order valence-corrected chi connectivity index (χ1v) is 6.55. The largest absolute Gasteiger partial charge is 0.339 e. The van der Waals surface area contributed by atoms with Crippen LogP contribution in [0.3, 0.4) is 0 Å². The third kappa shape index (κ3) is 2.41. The molecule has 0 aliphatic carbocycles. The van der Waals surface area contributed by atoms with Crippen molar-refractivity contribution in [2.24, 2.45) is 0 Å². The maximum absolute atomic E-state index is 12.4. The van der Waals surface area contributed by atoms with Crippen LogP contribution in [0.15, 0.2) is 36.5 Å². The fraction of sp³-hybridized carbons (Fsp3) is 0.267. The van der Waals surface area contributed by atoms with E-state index in [0.717, 1.165) is 5.69 Å². The van der Waals surface area contributed by atoms with Crippen LogP contribution < -0.4 is 0 Å². The minimum absolute atomic E-state index is 0.159. The van der Waals surface area contributed by atoms with Crippen molar-refractivity contribution in [1.82, 2.24) is 14.7 Å². The van der Waals surface area contributed by atoms with Crippen LogP contribution in [0.25, 0.3) is 5.69 Å². The molecule has 5 heteroatoms. The fourth-order valence-corrected chi connectivity index (χ4v) is 2.06. The summed E-state index contributed by atoms with van der Waals surface area (Å²) in [6.45, 7) is 5.04. The minimum Gasteiger partial charge on any atom is -0.339 e. The second-order valence-electron chi connectivity index (χ2n) is 4.24. The minimum atomic E-state index is -0.159. The van der Waals surface area contributed by atoms with Gasteiger partial charge in [0.1, 0.15) is 6.07 Å². The molecule has 0 radical (unpaired) electrons. The van der Waals surface area contributed by atoms with Crippen LogP contribution in [-0.4, -0.2) is 33.7 Å². The molecule has 1 heterocycles. The van der Waals surface area contributed by atoms with E-state index in [0.29, 0.717) is 18.7 Å². The fourth-order valence-electron chi connectivity index (χ4n) is 2.06. The van der Waals surface area contributed by atoms with Crippen LogP contribution in [0.1, 0.15) is 29.9 Å². The van der Waals surface area contributed by atoms with Crippen LogP contribution in [-0.2, 0) is 0 Å². The molecule has 102 valence electrons. The highest BCUT2D eigenvalue weighted by Crippen LogP contribution is 2.15. The third-order valence-electron chi connectivity index (χ3n) is 3.16. The van der Waals surface area contributed by atoms with Gasteiger partial charge in [-0.3, -0.25) is 4.79 Å². The first-order chi connectivity index (χ1) is 9.72. The molecule has 0 fully saturated rings. The van der Waals surface area contributed by atoms with Crippen molar-refractivity contribution in [1.29, 1.82) is 5.26 Å². The molecule has 2 rings (SSSR count). The summed E-state index contributed by atoms with van der Waals surface area (Å²) in [6.07, 6.45) is 1.46. The quantitative estimate of drug-likeness (QED) is 0.854. The van der Waals surface area contributed by atoms with E-state index in [-0.39, 0.29) is 11.6 Å². The smallest absolute Gasteiger partial charge is 0.258 e. The number of aromatic nitrogens is 2. The summed E-state index contributed by atoms with van der Waals surface area (Å²) >= 11 is 0. The molecular formula is C15H16N4O. The molecule has 0 unspecified atom stereocenters. The van der Waals surface area contributed by atoms with Gasteiger partial charge in [0.25, 0.3) is 5.91 Å². The Hall–Kier alpha value is -2.61. The monoisotopic (exact) mass is 268 g/mol. The van der Waals surface area contributed by atoms with Crippen LogP contribution in [0.4, 0.5) is 0 Å². The Balaban J connectivity index is 2.46. The van der Waals surface area contributed by atoms with Gasteiger partial charge in [-0.1, -0.05) is 18.2 Å². The number of para-hydroxylation sites is 1. The SMILES string of the molecule is CCN(CC)C(=O)c1cnn(-c2ccccc2)c1C#N. The van der Waals surface area contributed by atoms with E-state index in [1.165, 1.54) is 10.9 Å². The average Bonchev–Trinajstić information content (AvgIpc) is 2.93. The summed E-state index contributed by atoms with van der Waals surface area (Å²) in [7, 11) is 0. The Morgan fingerprint density at radius 2 is 1.95 bits per heavy atom. The predicted molar refractivity (Wildman–Crippen MR) is 75.5 cm³/mol. The molecule has 0 aliphatic rings. The number of hydrogen-bond donors (Lipinski definition) is 0. The Labute approximate surface area is 118 Å². The number of nitriles is 1. The lowest BCUT2D eigenvalue weighted by atomic mass is 10.2. The second kappa shape index (κ2) is 6.02. The molecule has 0 atom stereocenters. The van der Waals surface area contributed by atoms with Crippen molar-refractivity contribution in [2.45, 2.75) is 13.8 Å². The van der Waals surface area contributed by atoms with E-state index in [4.69, 9.17) is 0 Å². The van der Waals surface area contributed by atoms with E-state index in [1.54, 1.807) is 4.90 Å². The molecular weight excluding hydrogens is 252 g/mol. The molecule has 1 amide bonds. The number of carbonyl (C=O) groups excluding carboxylic acids is 1. The summed E-state index contributed by atoms with van der Waals surface area (Å²) in [5, 5.41) is 13.5. The molecule has 0 aliphatic heterocycles. The Bertz CT molecular complexity index is 636. The molecule has 20 heavy (non-hydrogen) atoms. The molecule has 1 aromatic heterocycles. The molecule has 5 nitrogen and oxygen atoms in total. The zero-order chi connectivity index (χ0) is 14.5. The van der Waals surface area contributed by atoms with Gasteiger partial charge in [0.05, 0.1) is 17.4 Å². The summed E-state index contributed by atoms with van der Waals surface area (Å²) in [4.78, 5) is 14.0. The summed E-state index contributed by atoms with van der Waals surface area (Å²) in [5.74, 6) is -0.159. The zero-order valence-electron chi connectivity index (χ0n) is 11.6. The molecule has 1 aromatic carbocycles. The topological polar surface area (TPSA) is 61.9 Å². The summed E-state index contributed by atoms with van der Waals surface area (Å²) in [5.41, 5.74) is 1.39. The van der Waals surface area contributed by atoms with E-state index >= 15 is 0 Å². The number of nitrogens with zero attached hydrogens (tertiary/aromatic N) is 4. The molecule has 2 aromatic rings. The van der Waals surface area contributed by atoms with Gasteiger partial charge < -0.3 is 4.90 Å². The van der Waals surface area contributed by atoms with Crippen molar-refractivity contribution in [3.05, 3.63) is 47.8 Å². The van der Waals surface area contributed by atoms with Gasteiger partial charge in [-0.25, -0.2) is 4.68 Å². The van der Waals surface area contributed by atoms with E-state index in [9.17, 15) is 10.1 Å². The van der Waals surface area contributed by atoms with Crippen LogP contribution in [0.5, 0.6) is 0 Å². The van der Waals surface area contributed by atoms with Crippen molar-refractivity contribution in [3.63, 3.8) is 0 Å². The van der Waals surface area contributed by atoms with E-state index in [2.05, 4.69) is 11.2 Å². The van der Waals surface area contributed by atoms with Gasteiger partial charge in [0, 0.05) is 13.1 Å². The zero-order valence-corrected chi connectivity index (χ0v) is 11.6. The maximum atomic E-state index is 12.4. The Morgan fingerprint density at radius 1 is 1.30 bits per heavy atom. The van der Waals surface area contributed by atoms with Crippen molar-refractivity contribution in [2.75, 3.05) is 13.1 Å². The lowest BCUT2D eigenvalue weighted by molar-refractivity contribution is 0.0772. The first kappa shape index (κ1) is 13.8. The lowest BCUT2D eigenvalue weighted by Crippen LogP contribution is -2.30. The van der Waals surface area contributed by atoms with Crippen LogP contribution in [0, 0.1) is 11.3 Å². The predicted octanol–water partition coefficient (Wildman–Crippen LogP) is 2.23. The summed E-state index contributed by atoms with van der Waals surface area (Å²) in [6, 6.07) is 11.4. The van der Waals surface area contributed by atoms with Crippen molar-refractivity contribution < 1.29 is 4.79 Å². The number of rotatable bonds is 4. The Kier molecular flexibility index (Phi) is 4.16. The number of benzene rings is 1. The van der Waals surface area contributed by atoms with Crippen LogP contribution >= 0.6 is 0 Å². The third-order valence-corrected chi connectivity index (χ3v) is 3.16. The molecule has 0 bridgehead atoms. The lowest BCUT2D eigenvalue weighted by Gasteiger charge is -2.17. The van der Waals surface area contributed by atoms with Crippen LogP contribution in [0.2, 0.25) is 0 Å². The molecule has 0 saturated heterocycles. The van der Waals surface area contributed by atoms with Gasteiger partial charge >= 0.3 is 0 Å².